The Kier molecular flexibility index (Phi) is 5.01. The lowest BCUT2D eigenvalue weighted by Gasteiger charge is -2.31. The highest BCUT2D eigenvalue weighted by Crippen LogP contribution is 2.25. The first-order chi connectivity index (χ1) is 8.28. The molecule has 0 atom stereocenters. The first kappa shape index (κ1) is 13.1. The molecule has 0 unspecified atom stereocenters. The van der Waals surface area contributed by atoms with Crippen LogP contribution in [0.4, 0.5) is 0 Å². The van der Waals surface area contributed by atoms with Crippen molar-refractivity contribution < 1.29 is 0 Å². The van der Waals surface area contributed by atoms with Gasteiger partial charge >= 0.3 is 0 Å². The monoisotopic (exact) mass is 252 g/mol. The summed E-state index contributed by atoms with van der Waals surface area (Å²) < 4.78 is 0. The van der Waals surface area contributed by atoms with Crippen molar-refractivity contribution in [3.05, 3.63) is 22.4 Å². The lowest BCUT2D eigenvalue weighted by Crippen LogP contribution is -2.34. The third-order valence-electron chi connectivity index (χ3n) is 3.83. The van der Waals surface area contributed by atoms with Gasteiger partial charge in [-0.15, -0.1) is 11.3 Å². The van der Waals surface area contributed by atoms with Crippen LogP contribution in [-0.4, -0.2) is 31.6 Å². The normalized spacial score (nSPS) is 25.4. The van der Waals surface area contributed by atoms with Crippen molar-refractivity contribution >= 4 is 11.3 Å². The molecule has 96 valence electrons. The van der Waals surface area contributed by atoms with E-state index in [0.717, 1.165) is 18.5 Å². The van der Waals surface area contributed by atoms with E-state index < -0.39 is 0 Å². The SMILES string of the molecule is CNC1CCC(CN(C)Cc2cccs2)CC1. The van der Waals surface area contributed by atoms with Gasteiger partial charge in [0.1, 0.15) is 0 Å². The molecule has 1 saturated carbocycles. The summed E-state index contributed by atoms with van der Waals surface area (Å²) in [5.41, 5.74) is 0. The molecule has 2 rings (SSSR count). The zero-order valence-electron chi connectivity index (χ0n) is 11.0. The minimum atomic E-state index is 0.772. The second kappa shape index (κ2) is 6.53. The van der Waals surface area contributed by atoms with E-state index in [4.69, 9.17) is 0 Å². The number of nitrogens with one attached hydrogen (secondary N) is 1. The zero-order valence-corrected chi connectivity index (χ0v) is 11.8. The highest BCUT2D eigenvalue weighted by atomic mass is 32.1. The maximum Gasteiger partial charge on any atom is 0.0324 e. The van der Waals surface area contributed by atoms with Gasteiger partial charge in [0.25, 0.3) is 0 Å². The lowest BCUT2D eigenvalue weighted by molar-refractivity contribution is 0.212. The van der Waals surface area contributed by atoms with Crippen molar-refractivity contribution in [1.29, 1.82) is 0 Å². The van der Waals surface area contributed by atoms with Gasteiger partial charge in [0, 0.05) is 24.0 Å². The minimum Gasteiger partial charge on any atom is -0.317 e. The lowest BCUT2D eigenvalue weighted by atomic mass is 9.86. The number of hydrogen-bond donors (Lipinski definition) is 1. The molecule has 0 spiro atoms. The first-order valence-corrected chi connectivity index (χ1v) is 7.54. The summed E-state index contributed by atoms with van der Waals surface area (Å²) in [5, 5.41) is 5.57. The zero-order chi connectivity index (χ0) is 12.1. The Morgan fingerprint density at radius 1 is 1.35 bits per heavy atom. The Labute approximate surface area is 109 Å². The average Bonchev–Trinajstić information content (AvgIpc) is 2.82. The molecule has 1 heterocycles. The molecule has 1 fully saturated rings. The van der Waals surface area contributed by atoms with Crippen LogP contribution in [0.1, 0.15) is 30.6 Å². The summed E-state index contributed by atoms with van der Waals surface area (Å²) in [7, 11) is 4.35. The molecule has 1 aliphatic carbocycles. The van der Waals surface area contributed by atoms with Gasteiger partial charge in [-0.3, -0.25) is 0 Å². The van der Waals surface area contributed by atoms with Gasteiger partial charge in [-0.1, -0.05) is 6.07 Å². The van der Waals surface area contributed by atoms with Crippen molar-refractivity contribution in [2.75, 3.05) is 20.6 Å². The van der Waals surface area contributed by atoms with E-state index in [0.29, 0.717) is 0 Å². The third kappa shape index (κ3) is 4.09. The van der Waals surface area contributed by atoms with Crippen LogP contribution in [0.25, 0.3) is 0 Å². The second-order valence-electron chi connectivity index (χ2n) is 5.28. The van der Waals surface area contributed by atoms with Crippen LogP contribution in [0.3, 0.4) is 0 Å². The summed E-state index contributed by atoms with van der Waals surface area (Å²) in [6.45, 7) is 2.37. The highest BCUT2D eigenvalue weighted by Gasteiger charge is 2.20. The Morgan fingerprint density at radius 2 is 2.12 bits per heavy atom. The molecule has 0 radical (unpaired) electrons. The van der Waals surface area contributed by atoms with Gasteiger partial charge in [0.2, 0.25) is 0 Å². The molecule has 17 heavy (non-hydrogen) atoms. The van der Waals surface area contributed by atoms with Gasteiger partial charge in [-0.05, 0) is 57.1 Å². The number of hydrogen-bond acceptors (Lipinski definition) is 3. The smallest absolute Gasteiger partial charge is 0.0324 e. The molecule has 1 aromatic heterocycles. The fraction of sp³-hybridized carbons (Fsp3) is 0.714. The topological polar surface area (TPSA) is 15.3 Å². The Balaban J connectivity index is 1.70. The fourth-order valence-electron chi connectivity index (χ4n) is 2.81. The van der Waals surface area contributed by atoms with E-state index in [-0.39, 0.29) is 0 Å². The molecule has 1 aliphatic rings. The summed E-state index contributed by atoms with van der Waals surface area (Å²) in [6.07, 6.45) is 5.49. The number of nitrogens with zero attached hydrogens (tertiary/aromatic N) is 1. The average molecular weight is 252 g/mol. The van der Waals surface area contributed by atoms with Crippen LogP contribution >= 0.6 is 11.3 Å². The predicted molar refractivity (Wildman–Crippen MR) is 75.5 cm³/mol. The summed E-state index contributed by atoms with van der Waals surface area (Å²) in [6, 6.07) is 5.15. The van der Waals surface area contributed by atoms with E-state index in [1.54, 1.807) is 0 Å². The molecule has 2 nitrogen and oxygen atoms in total. The van der Waals surface area contributed by atoms with E-state index in [1.165, 1.54) is 37.1 Å². The summed E-state index contributed by atoms with van der Waals surface area (Å²) >= 11 is 1.87. The van der Waals surface area contributed by atoms with Gasteiger partial charge in [-0.25, -0.2) is 0 Å². The van der Waals surface area contributed by atoms with E-state index in [9.17, 15) is 0 Å². The van der Waals surface area contributed by atoms with Crippen LogP contribution < -0.4 is 5.32 Å². The van der Waals surface area contributed by atoms with E-state index >= 15 is 0 Å². The van der Waals surface area contributed by atoms with E-state index in [1.807, 2.05) is 11.3 Å². The molecule has 0 aromatic carbocycles. The van der Waals surface area contributed by atoms with Gasteiger partial charge < -0.3 is 10.2 Å². The maximum absolute atomic E-state index is 3.40. The molecule has 1 N–H and O–H groups in total. The van der Waals surface area contributed by atoms with Crippen LogP contribution in [0.15, 0.2) is 17.5 Å². The van der Waals surface area contributed by atoms with Crippen LogP contribution in [0, 0.1) is 5.92 Å². The van der Waals surface area contributed by atoms with E-state index in [2.05, 4.69) is 41.8 Å². The summed E-state index contributed by atoms with van der Waals surface area (Å²) in [4.78, 5) is 3.97. The maximum atomic E-state index is 3.40. The van der Waals surface area contributed by atoms with Crippen LogP contribution in [0.5, 0.6) is 0 Å². The Bertz CT molecular complexity index is 302. The molecule has 1 aromatic rings. The molecule has 0 aliphatic heterocycles. The van der Waals surface area contributed by atoms with Gasteiger partial charge in [-0.2, -0.15) is 0 Å². The molecule has 0 amide bonds. The van der Waals surface area contributed by atoms with Crippen molar-refractivity contribution in [3.63, 3.8) is 0 Å². The van der Waals surface area contributed by atoms with Crippen molar-refractivity contribution in [2.24, 2.45) is 5.92 Å². The Morgan fingerprint density at radius 3 is 2.71 bits per heavy atom. The number of thiophene rings is 1. The molecular weight excluding hydrogens is 228 g/mol. The molecule has 3 heteroatoms. The standard InChI is InChI=1S/C14H24N2S/c1-15-13-7-5-12(6-8-13)10-16(2)11-14-4-3-9-17-14/h3-4,9,12-13,15H,5-8,10-11H2,1-2H3. The van der Waals surface area contributed by atoms with Gasteiger partial charge in [0.05, 0.1) is 0 Å². The van der Waals surface area contributed by atoms with Crippen LogP contribution in [0.2, 0.25) is 0 Å². The van der Waals surface area contributed by atoms with Crippen molar-refractivity contribution in [1.82, 2.24) is 10.2 Å². The number of rotatable bonds is 5. The molecule has 0 saturated heterocycles. The second-order valence-corrected chi connectivity index (χ2v) is 6.31. The quantitative estimate of drug-likeness (QED) is 0.867. The van der Waals surface area contributed by atoms with Gasteiger partial charge in [0.15, 0.2) is 0 Å². The predicted octanol–water partition coefficient (Wildman–Crippen LogP) is 2.96. The first-order valence-electron chi connectivity index (χ1n) is 6.66. The van der Waals surface area contributed by atoms with Crippen LogP contribution in [-0.2, 0) is 6.54 Å². The minimum absolute atomic E-state index is 0.772. The molecule has 0 bridgehead atoms. The Hall–Kier alpha value is -0.380. The third-order valence-corrected chi connectivity index (χ3v) is 4.69. The van der Waals surface area contributed by atoms with Crippen molar-refractivity contribution in [2.45, 2.75) is 38.3 Å². The van der Waals surface area contributed by atoms with Crippen molar-refractivity contribution in [3.8, 4) is 0 Å². The molecular formula is C14H24N2S. The summed E-state index contributed by atoms with van der Waals surface area (Å²) in [5.74, 6) is 0.907. The largest absolute Gasteiger partial charge is 0.317 e. The fourth-order valence-corrected chi connectivity index (χ4v) is 3.59. The highest BCUT2D eigenvalue weighted by molar-refractivity contribution is 7.09.